The molecule has 2 rings (SSSR count). The summed E-state index contributed by atoms with van der Waals surface area (Å²) >= 11 is 0. The summed E-state index contributed by atoms with van der Waals surface area (Å²) in [5.41, 5.74) is -1.83. The molecule has 1 fully saturated rings. The van der Waals surface area contributed by atoms with Gasteiger partial charge in [0.2, 0.25) is 0 Å². The molecule has 21 heavy (non-hydrogen) atoms. The van der Waals surface area contributed by atoms with E-state index in [0.29, 0.717) is 18.8 Å². The van der Waals surface area contributed by atoms with E-state index in [1.54, 1.807) is 0 Å². The van der Waals surface area contributed by atoms with Gasteiger partial charge in [-0.1, -0.05) is 19.1 Å². The SMILES string of the molecule is CC1CCC(O)(C(=O)c2ccccc2OC(F)(F)F)CC1. The second-order valence-electron chi connectivity index (χ2n) is 5.59. The molecule has 1 aliphatic rings. The van der Waals surface area contributed by atoms with Crippen LogP contribution in [0.5, 0.6) is 5.75 Å². The van der Waals surface area contributed by atoms with E-state index in [0.717, 1.165) is 6.07 Å². The van der Waals surface area contributed by atoms with E-state index < -0.39 is 23.5 Å². The topological polar surface area (TPSA) is 46.5 Å². The molecular formula is C15H17F3O3. The van der Waals surface area contributed by atoms with Gasteiger partial charge in [0.05, 0.1) is 5.56 Å². The van der Waals surface area contributed by atoms with E-state index in [4.69, 9.17) is 0 Å². The highest BCUT2D eigenvalue weighted by Gasteiger charge is 2.41. The van der Waals surface area contributed by atoms with Crippen molar-refractivity contribution in [3.05, 3.63) is 29.8 Å². The Morgan fingerprint density at radius 3 is 2.43 bits per heavy atom. The summed E-state index contributed by atoms with van der Waals surface area (Å²) in [6, 6.07) is 5.13. The van der Waals surface area contributed by atoms with Crippen LogP contribution in [-0.2, 0) is 0 Å². The summed E-state index contributed by atoms with van der Waals surface area (Å²) in [4.78, 5) is 12.4. The average molecular weight is 302 g/mol. The Labute approximate surface area is 120 Å². The Morgan fingerprint density at radius 1 is 1.29 bits per heavy atom. The van der Waals surface area contributed by atoms with E-state index in [2.05, 4.69) is 4.74 Å². The first-order valence-corrected chi connectivity index (χ1v) is 6.83. The first-order chi connectivity index (χ1) is 9.71. The molecule has 0 radical (unpaired) electrons. The van der Waals surface area contributed by atoms with Crippen LogP contribution in [0, 0.1) is 5.92 Å². The number of ketones is 1. The average Bonchev–Trinajstić information content (AvgIpc) is 2.40. The summed E-state index contributed by atoms with van der Waals surface area (Å²) in [5.74, 6) is -0.865. The van der Waals surface area contributed by atoms with Gasteiger partial charge in [0.1, 0.15) is 11.4 Å². The third kappa shape index (κ3) is 3.75. The molecule has 0 aromatic heterocycles. The van der Waals surface area contributed by atoms with Gasteiger partial charge >= 0.3 is 6.36 Å². The molecule has 0 atom stereocenters. The largest absolute Gasteiger partial charge is 0.573 e. The lowest BCUT2D eigenvalue weighted by Gasteiger charge is -2.33. The van der Waals surface area contributed by atoms with Gasteiger partial charge in [-0.2, -0.15) is 0 Å². The van der Waals surface area contributed by atoms with Crippen molar-refractivity contribution >= 4 is 5.78 Å². The van der Waals surface area contributed by atoms with E-state index in [9.17, 15) is 23.1 Å². The zero-order valence-electron chi connectivity index (χ0n) is 11.6. The van der Waals surface area contributed by atoms with Crippen molar-refractivity contribution < 1.29 is 27.8 Å². The number of carbonyl (C=O) groups excluding carboxylic acids is 1. The van der Waals surface area contributed by atoms with Gasteiger partial charge in [0, 0.05) is 0 Å². The number of hydrogen-bond acceptors (Lipinski definition) is 3. The van der Waals surface area contributed by atoms with Gasteiger partial charge < -0.3 is 9.84 Å². The zero-order valence-corrected chi connectivity index (χ0v) is 11.6. The molecule has 0 amide bonds. The molecule has 116 valence electrons. The number of rotatable bonds is 3. The molecular weight excluding hydrogens is 285 g/mol. The number of hydrogen-bond donors (Lipinski definition) is 1. The van der Waals surface area contributed by atoms with Gasteiger partial charge in [-0.15, -0.1) is 13.2 Å². The van der Waals surface area contributed by atoms with Crippen LogP contribution in [-0.4, -0.2) is 22.9 Å². The molecule has 1 N–H and O–H groups in total. The van der Waals surface area contributed by atoms with Crippen molar-refractivity contribution in [3.8, 4) is 5.75 Å². The number of alkyl halides is 3. The van der Waals surface area contributed by atoms with Crippen molar-refractivity contribution in [3.63, 3.8) is 0 Å². The summed E-state index contributed by atoms with van der Waals surface area (Å²) in [6.07, 6.45) is -3.02. The number of para-hydroxylation sites is 1. The van der Waals surface area contributed by atoms with Crippen LogP contribution in [0.25, 0.3) is 0 Å². The van der Waals surface area contributed by atoms with E-state index >= 15 is 0 Å². The number of carbonyl (C=O) groups is 1. The maximum Gasteiger partial charge on any atom is 0.573 e. The third-order valence-corrected chi connectivity index (χ3v) is 3.88. The minimum atomic E-state index is -4.87. The second-order valence-corrected chi connectivity index (χ2v) is 5.59. The minimum Gasteiger partial charge on any atom is -0.405 e. The van der Waals surface area contributed by atoms with Gasteiger partial charge in [0.15, 0.2) is 5.78 Å². The quantitative estimate of drug-likeness (QED) is 0.866. The number of aliphatic hydroxyl groups is 1. The standard InChI is InChI=1S/C15H17F3O3/c1-10-6-8-14(20,9-7-10)13(19)11-4-2-3-5-12(11)21-15(16,17)18/h2-5,10,20H,6-9H2,1H3. The van der Waals surface area contributed by atoms with E-state index in [-0.39, 0.29) is 18.4 Å². The first-order valence-electron chi connectivity index (χ1n) is 6.83. The fourth-order valence-corrected chi connectivity index (χ4v) is 2.59. The number of ether oxygens (including phenoxy) is 1. The molecule has 1 aliphatic carbocycles. The van der Waals surface area contributed by atoms with Gasteiger partial charge in [-0.3, -0.25) is 4.79 Å². The molecule has 1 aromatic carbocycles. The second kappa shape index (κ2) is 5.67. The Kier molecular flexibility index (Phi) is 4.27. The maximum absolute atomic E-state index is 12.4. The Morgan fingerprint density at radius 2 is 1.86 bits per heavy atom. The molecule has 0 heterocycles. The van der Waals surface area contributed by atoms with Gasteiger partial charge in [0.25, 0.3) is 0 Å². The van der Waals surface area contributed by atoms with Crippen molar-refractivity contribution in [2.24, 2.45) is 5.92 Å². The normalized spacial score (nSPS) is 26.4. The molecule has 0 aliphatic heterocycles. The summed E-state index contributed by atoms with van der Waals surface area (Å²) in [7, 11) is 0. The third-order valence-electron chi connectivity index (χ3n) is 3.88. The molecule has 1 saturated carbocycles. The molecule has 1 aromatic rings. The smallest absolute Gasteiger partial charge is 0.405 e. The number of Topliss-reactive ketones (excluding diaryl/α,β-unsaturated/α-hetero) is 1. The van der Waals surface area contributed by atoms with Crippen molar-refractivity contribution in [1.82, 2.24) is 0 Å². The Balaban J connectivity index is 2.27. The molecule has 0 bridgehead atoms. The van der Waals surface area contributed by atoms with Gasteiger partial charge in [-0.25, -0.2) is 0 Å². The Bertz CT molecular complexity index is 517. The van der Waals surface area contributed by atoms with E-state index in [1.165, 1.54) is 18.2 Å². The monoisotopic (exact) mass is 302 g/mol. The summed E-state index contributed by atoms with van der Waals surface area (Å²) in [6.45, 7) is 2.02. The predicted octanol–water partition coefficient (Wildman–Crippen LogP) is 3.71. The zero-order chi connectivity index (χ0) is 15.7. The number of halogens is 3. The van der Waals surface area contributed by atoms with Crippen molar-refractivity contribution in [2.45, 2.75) is 44.6 Å². The lowest BCUT2D eigenvalue weighted by molar-refractivity contribution is -0.274. The summed E-state index contributed by atoms with van der Waals surface area (Å²) < 4.78 is 41.0. The van der Waals surface area contributed by atoms with Crippen molar-refractivity contribution in [2.75, 3.05) is 0 Å². The lowest BCUT2D eigenvalue weighted by atomic mass is 9.75. The fourth-order valence-electron chi connectivity index (χ4n) is 2.59. The maximum atomic E-state index is 12.4. The van der Waals surface area contributed by atoms with Crippen LogP contribution in [0.1, 0.15) is 43.0 Å². The minimum absolute atomic E-state index is 0.230. The van der Waals surface area contributed by atoms with Crippen LogP contribution in [0.2, 0.25) is 0 Å². The predicted molar refractivity (Wildman–Crippen MR) is 70.0 cm³/mol. The molecule has 0 saturated heterocycles. The van der Waals surface area contributed by atoms with Crippen LogP contribution in [0.15, 0.2) is 24.3 Å². The van der Waals surface area contributed by atoms with Crippen LogP contribution < -0.4 is 4.74 Å². The van der Waals surface area contributed by atoms with Crippen LogP contribution in [0.4, 0.5) is 13.2 Å². The lowest BCUT2D eigenvalue weighted by Crippen LogP contribution is -2.42. The Hall–Kier alpha value is -1.56. The van der Waals surface area contributed by atoms with Crippen molar-refractivity contribution in [1.29, 1.82) is 0 Å². The van der Waals surface area contributed by atoms with Gasteiger partial charge in [-0.05, 0) is 43.7 Å². The van der Waals surface area contributed by atoms with Crippen LogP contribution >= 0.6 is 0 Å². The summed E-state index contributed by atoms with van der Waals surface area (Å²) in [5, 5.41) is 10.4. The highest BCUT2D eigenvalue weighted by molar-refractivity contribution is 6.04. The first kappa shape index (κ1) is 15.8. The highest BCUT2D eigenvalue weighted by Crippen LogP contribution is 2.37. The molecule has 3 nitrogen and oxygen atoms in total. The number of benzene rings is 1. The highest BCUT2D eigenvalue weighted by atomic mass is 19.4. The molecule has 0 spiro atoms. The molecule has 6 heteroatoms. The molecule has 0 unspecified atom stereocenters. The van der Waals surface area contributed by atoms with Crippen LogP contribution in [0.3, 0.4) is 0 Å². The van der Waals surface area contributed by atoms with E-state index in [1.807, 2.05) is 6.92 Å². The fraction of sp³-hybridized carbons (Fsp3) is 0.533.